The molecule has 2 heterocycles. The van der Waals surface area contributed by atoms with E-state index in [9.17, 15) is 4.79 Å². The predicted octanol–water partition coefficient (Wildman–Crippen LogP) is 5.55. The number of fused-ring (bicyclic) bond motifs is 1. The highest BCUT2D eigenvalue weighted by Gasteiger charge is 2.42. The lowest BCUT2D eigenvalue weighted by molar-refractivity contribution is 0.0114. The predicted molar refractivity (Wildman–Crippen MR) is 107 cm³/mol. The normalized spacial score (nSPS) is 18.0. The lowest BCUT2D eigenvalue weighted by Crippen LogP contribution is -2.44. The van der Waals surface area contributed by atoms with Crippen molar-refractivity contribution in [2.75, 3.05) is 6.61 Å². The first kappa shape index (κ1) is 21.2. The number of carbonyl (C=O) groups excluding carboxylic acids is 1. The van der Waals surface area contributed by atoms with E-state index in [0.29, 0.717) is 18.2 Å². The van der Waals surface area contributed by atoms with Crippen molar-refractivity contribution in [3.05, 3.63) is 28.5 Å². The number of hydrogen-bond acceptors (Lipinski definition) is 4. The van der Waals surface area contributed by atoms with Gasteiger partial charge >= 0.3 is 6.09 Å². The number of nitrogens with zero attached hydrogens (tertiary/aromatic N) is 2. The summed E-state index contributed by atoms with van der Waals surface area (Å²) in [5.74, 6) is 0. The van der Waals surface area contributed by atoms with Crippen LogP contribution in [0, 0.1) is 0 Å². The molecular formula is C19H31ClN2O3Si. The minimum absolute atomic E-state index is 0.0958. The molecule has 1 amide bonds. The Morgan fingerprint density at radius 2 is 1.92 bits per heavy atom. The van der Waals surface area contributed by atoms with Crippen molar-refractivity contribution >= 4 is 26.0 Å². The third-order valence-electron chi connectivity index (χ3n) is 5.04. The standard InChI is InChI=1S/C19H31ClN2O3Si/c1-18(2,3)25-17(23)22-11-13-9-14(20)10-21-16(13)15(22)12-24-26(7,8)19(4,5)6/h9-10,15H,11-12H2,1-8H3/t15-/m0/s1. The van der Waals surface area contributed by atoms with Gasteiger partial charge in [0, 0.05) is 6.20 Å². The Hall–Kier alpha value is -1.11. The van der Waals surface area contributed by atoms with Gasteiger partial charge in [-0.2, -0.15) is 0 Å². The molecule has 1 aromatic rings. The second-order valence-corrected chi connectivity index (χ2v) is 14.6. The van der Waals surface area contributed by atoms with Gasteiger partial charge in [-0.3, -0.25) is 9.88 Å². The second kappa shape index (κ2) is 7.13. The number of halogens is 1. The highest BCUT2D eigenvalue weighted by molar-refractivity contribution is 6.74. The van der Waals surface area contributed by atoms with Crippen LogP contribution in [0.5, 0.6) is 0 Å². The summed E-state index contributed by atoms with van der Waals surface area (Å²) < 4.78 is 12.0. The molecule has 0 N–H and O–H groups in total. The van der Waals surface area contributed by atoms with E-state index >= 15 is 0 Å². The van der Waals surface area contributed by atoms with Gasteiger partial charge in [0.15, 0.2) is 8.32 Å². The summed E-state index contributed by atoms with van der Waals surface area (Å²) in [6.07, 6.45) is 1.27. The van der Waals surface area contributed by atoms with Crippen LogP contribution >= 0.6 is 11.6 Å². The highest BCUT2D eigenvalue weighted by atomic mass is 35.5. The maximum absolute atomic E-state index is 12.7. The second-order valence-electron chi connectivity index (χ2n) is 9.39. The number of aromatic nitrogens is 1. The Bertz CT molecular complexity index is 680. The van der Waals surface area contributed by atoms with Gasteiger partial charge in [-0.05, 0) is 50.5 Å². The van der Waals surface area contributed by atoms with E-state index in [2.05, 4.69) is 38.8 Å². The van der Waals surface area contributed by atoms with Crippen LogP contribution in [-0.4, -0.2) is 36.5 Å². The summed E-state index contributed by atoms with van der Waals surface area (Å²) in [5, 5.41) is 0.664. The van der Waals surface area contributed by atoms with E-state index in [-0.39, 0.29) is 17.2 Å². The molecule has 26 heavy (non-hydrogen) atoms. The molecule has 0 spiro atoms. The molecule has 146 valence electrons. The topological polar surface area (TPSA) is 51.7 Å². The monoisotopic (exact) mass is 398 g/mol. The van der Waals surface area contributed by atoms with Crippen molar-refractivity contribution in [3.63, 3.8) is 0 Å². The summed E-state index contributed by atoms with van der Waals surface area (Å²) in [4.78, 5) is 18.9. The van der Waals surface area contributed by atoms with Crippen LogP contribution in [-0.2, 0) is 15.7 Å². The minimum Gasteiger partial charge on any atom is -0.444 e. The van der Waals surface area contributed by atoms with Crippen molar-refractivity contribution in [2.24, 2.45) is 0 Å². The van der Waals surface area contributed by atoms with Crippen molar-refractivity contribution in [1.29, 1.82) is 0 Å². The van der Waals surface area contributed by atoms with Crippen molar-refractivity contribution in [1.82, 2.24) is 9.88 Å². The first-order chi connectivity index (χ1) is 11.7. The Kier molecular flexibility index (Phi) is 5.81. The quantitative estimate of drug-likeness (QED) is 0.626. The van der Waals surface area contributed by atoms with E-state index in [1.807, 2.05) is 26.8 Å². The average Bonchev–Trinajstić information content (AvgIpc) is 2.80. The fraction of sp³-hybridized carbons (Fsp3) is 0.684. The number of rotatable bonds is 3. The summed E-state index contributed by atoms with van der Waals surface area (Å²) >= 11 is 6.09. The Morgan fingerprint density at radius 1 is 1.31 bits per heavy atom. The first-order valence-electron chi connectivity index (χ1n) is 8.99. The zero-order valence-electron chi connectivity index (χ0n) is 17.1. The lowest BCUT2D eigenvalue weighted by atomic mass is 10.1. The number of pyridine rings is 1. The van der Waals surface area contributed by atoms with Gasteiger partial charge in [0.1, 0.15) is 11.6 Å². The van der Waals surface area contributed by atoms with Crippen LogP contribution in [0.3, 0.4) is 0 Å². The molecule has 1 aliphatic rings. The van der Waals surface area contributed by atoms with Crippen molar-refractivity contribution in [2.45, 2.75) is 77.9 Å². The summed E-state index contributed by atoms with van der Waals surface area (Å²) in [7, 11) is -1.95. The number of ether oxygens (including phenoxy) is 1. The molecular weight excluding hydrogens is 368 g/mol. The molecule has 2 rings (SSSR count). The Labute approximate surface area is 163 Å². The summed E-state index contributed by atoms with van der Waals surface area (Å²) in [6.45, 7) is 17.5. The molecule has 0 bridgehead atoms. The number of carbonyl (C=O) groups is 1. The lowest BCUT2D eigenvalue weighted by Gasteiger charge is -2.38. The van der Waals surface area contributed by atoms with Gasteiger partial charge in [-0.15, -0.1) is 0 Å². The maximum Gasteiger partial charge on any atom is 0.411 e. The molecule has 1 aromatic heterocycles. The fourth-order valence-corrected chi connectivity index (χ4v) is 3.73. The molecule has 0 unspecified atom stereocenters. The van der Waals surface area contributed by atoms with Gasteiger partial charge < -0.3 is 9.16 Å². The molecule has 0 saturated heterocycles. The molecule has 0 aliphatic carbocycles. The molecule has 1 aliphatic heterocycles. The van der Waals surface area contributed by atoms with E-state index in [1.165, 1.54) is 0 Å². The Morgan fingerprint density at radius 3 is 2.46 bits per heavy atom. The van der Waals surface area contributed by atoms with Crippen molar-refractivity contribution in [3.8, 4) is 0 Å². The van der Waals surface area contributed by atoms with Crippen LogP contribution in [0.25, 0.3) is 0 Å². The third kappa shape index (κ3) is 4.78. The van der Waals surface area contributed by atoms with Gasteiger partial charge in [-0.25, -0.2) is 4.79 Å². The van der Waals surface area contributed by atoms with E-state index in [1.54, 1.807) is 11.1 Å². The van der Waals surface area contributed by atoms with E-state index in [4.69, 9.17) is 20.8 Å². The molecule has 5 nitrogen and oxygen atoms in total. The van der Waals surface area contributed by atoms with Crippen LogP contribution in [0.15, 0.2) is 12.3 Å². The largest absolute Gasteiger partial charge is 0.444 e. The molecule has 0 radical (unpaired) electrons. The number of amides is 1. The summed E-state index contributed by atoms with van der Waals surface area (Å²) in [6, 6.07) is 1.61. The van der Waals surface area contributed by atoms with Crippen LogP contribution < -0.4 is 0 Å². The average molecular weight is 399 g/mol. The Balaban J connectivity index is 2.27. The van der Waals surface area contributed by atoms with Gasteiger partial charge in [0.25, 0.3) is 0 Å². The van der Waals surface area contributed by atoms with Crippen LogP contribution in [0.1, 0.15) is 58.8 Å². The molecule has 0 fully saturated rings. The smallest absolute Gasteiger partial charge is 0.411 e. The zero-order valence-corrected chi connectivity index (χ0v) is 18.9. The van der Waals surface area contributed by atoms with Gasteiger partial charge in [-0.1, -0.05) is 32.4 Å². The van der Waals surface area contributed by atoms with Gasteiger partial charge in [0.05, 0.1) is 23.9 Å². The zero-order chi connectivity index (χ0) is 19.9. The molecule has 0 saturated carbocycles. The third-order valence-corrected chi connectivity index (χ3v) is 9.74. The fourth-order valence-electron chi connectivity index (χ4n) is 2.54. The first-order valence-corrected chi connectivity index (χ1v) is 12.3. The molecule has 0 aromatic carbocycles. The number of hydrogen-bond donors (Lipinski definition) is 0. The molecule has 7 heteroatoms. The molecule has 1 atom stereocenters. The summed E-state index contributed by atoms with van der Waals surface area (Å²) in [5.41, 5.74) is 1.24. The SMILES string of the molecule is CC(C)(C)OC(=O)N1Cc2cc(Cl)cnc2[C@@H]1CO[Si](C)(C)C(C)(C)C. The van der Waals surface area contributed by atoms with Crippen molar-refractivity contribution < 1.29 is 14.0 Å². The van der Waals surface area contributed by atoms with Gasteiger partial charge in [0.2, 0.25) is 0 Å². The minimum atomic E-state index is -1.95. The van der Waals surface area contributed by atoms with E-state index < -0.39 is 13.9 Å². The van der Waals surface area contributed by atoms with Crippen LogP contribution in [0.4, 0.5) is 4.79 Å². The highest BCUT2D eigenvalue weighted by Crippen LogP contribution is 2.40. The van der Waals surface area contributed by atoms with E-state index in [0.717, 1.165) is 11.3 Å². The van der Waals surface area contributed by atoms with Crippen LogP contribution in [0.2, 0.25) is 23.2 Å². The maximum atomic E-state index is 12.7.